The molecule has 3 rings (SSSR count). The van der Waals surface area contributed by atoms with Crippen molar-refractivity contribution in [1.82, 2.24) is 8.96 Å². The molecule has 0 aliphatic rings. The minimum absolute atomic E-state index is 1.01. The molecule has 0 bridgehead atoms. The maximum absolute atomic E-state index is 4.51. The van der Waals surface area contributed by atoms with Gasteiger partial charge in [-0.3, -0.25) is 3.97 Å². The summed E-state index contributed by atoms with van der Waals surface area (Å²) >= 11 is 5.16. The van der Waals surface area contributed by atoms with Crippen molar-refractivity contribution in [2.24, 2.45) is 0 Å². The summed E-state index contributed by atoms with van der Waals surface area (Å²) in [5.41, 5.74) is 3.52. The Morgan fingerprint density at radius 1 is 1.16 bits per heavy atom. The molecule has 0 fully saturated rings. The third-order valence-electron chi connectivity index (χ3n) is 3.00. The van der Waals surface area contributed by atoms with Crippen LogP contribution in [0.25, 0.3) is 11.0 Å². The highest BCUT2D eigenvalue weighted by Crippen LogP contribution is 2.29. The van der Waals surface area contributed by atoms with Gasteiger partial charge in [-0.25, -0.2) is 4.98 Å². The normalized spacial score (nSPS) is 11.1. The molecule has 0 aliphatic carbocycles. The molecule has 2 nitrogen and oxygen atoms in total. The molecule has 0 N–H and O–H groups in total. The maximum Gasteiger partial charge on any atom is 0.150 e. The Hall–Kier alpha value is -1.26. The van der Waals surface area contributed by atoms with Gasteiger partial charge in [-0.2, -0.15) is 0 Å². The summed E-state index contributed by atoms with van der Waals surface area (Å²) < 4.78 is 3.14. The van der Waals surface area contributed by atoms with E-state index in [4.69, 9.17) is 0 Å². The zero-order chi connectivity index (χ0) is 13.4. The molecule has 0 radical (unpaired) electrons. The van der Waals surface area contributed by atoms with Gasteiger partial charge in [0.25, 0.3) is 0 Å². The number of benzene rings is 1. The number of fused-ring (bicyclic) bond motifs is 1. The van der Waals surface area contributed by atoms with Gasteiger partial charge in [0, 0.05) is 27.1 Å². The van der Waals surface area contributed by atoms with E-state index in [-0.39, 0.29) is 0 Å². The second-order valence-electron chi connectivity index (χ2n) is 4.57. The van der Waals surface area contributed by atoms with Crippen LogP contribution in [0, 0.1) is 13.8 Å². The van der Waals surface area contributed by atoms with E-state index in [1.54, 1.807) is 11.9 Å². The van der Waals surface area contributed by atoms with Crippen molar-refractivity contribution in [3.05, 3.63) is 58.3 Å². The van der Waals surface area contributed by atoms with Crippen LogP contribution in [-0.2, 0) is 0 Å². The third kappa shape index (κ3) is 2.55. The standard InChI is InChI=1S/C15H13BrN2S/c1-10-3-5-13(6-4-10)19-18-9-11(2)14-7-12(16)8-17-15(14)18/h3-9H,1-2H3. The molecule has 0 spiro atoms. The molecule has 0 saturated carbocycles. The average Bonchev–Trinajstić information content (AvgIpc) is 2.69. The molecule has 3 aromatic rings. The first-order valence-corrected chi connectivity index (χ1v) is 7.58. The highest BCUT2D eigenvalue weighted by atomic mass is 79.9. The molecular weight excluding hydrogens is 320 g/mol. The topological polar surface area (TPSA) is 17.8 Å². The van der Waals surface area contributed by atoms with Crippen molar-refractivity contribution in [3.63, 3.8) is 0 Å². The number of nitrogens with zero attached hydrogens (tertiary/aromatic N) is 2. The fraction of sp³-hybridized carbons (Fsp3) is 0.133. The highest BCUT2D eigenvalue weighted by Gasteiger charge is 2.08. The first kappa shape index (κ1) is 12.8. The smallest absolute Gasteiger partial charge is 0.150 e. The predicted octanol–water partition coefficient (Wildman–Crippen LogP) is 4.97. The summed E-state index contributed by atoms with van der Waals surface area (Å²) in [5, 5.41) is 1.19. The van der Waals surface area contributed by atoms with Gasteiger partial charge in [-0.15, -0.1) is 0 Å². The van der Waals surface area contributed by atoms with Crippen molar-refractivity contribution in [3.8, 4) is 0 Å². The molecule has 0 unspecified atom stereocenters. The van der Waals surface area contributed by atoms with Crippen LogP contribution in [0.2, 0.25) is 0 Å². The predicted molar refractivity (Wildman–Crippen MR) is 84.6 cm³/mol. The molecule has 4 heteroatoms. The Morgan fingerprint density at radius 2 is 1.89 bits per heavy atom. The van der Waals surface area contributed by atoms with Crippen molar-refractivity contribution in [2.45, 2.75) is 18.7 Å². The van der Waals surface area contributed by atoms with E-state index in [0.29, 0.717) is 0 Å². The first-order valence-electron chi connectivity index (χ1n) is 6.02. The molecule has 0 saturated heterocycles. The minimum Gasteiger partial charge on any atom is -0.270 e. The van der Waals surface area contributed by atoms with Crippen LogP contribution in [0.3, 0.4) is 0 Å². The number of rotatable bonds is 2. The zero-order valence-corrected chi connectivity index (χ0v) is 13.1. The Morgan fingerprint density at radius 3 is 2.63 bits per heavy atom. The van der Waals surface area contributed by atoms with Gasteiger partial charge in [-0.05, 0) is 65.5 Å². The Kier molecular flexibility index (Phi) is 3.37. The lowest BCUT2D eigenvalue weighted by atomic mass is 10.2. The number of aromatic nitrogens is 2. The van der Waals surface area contributed by atoms with Crippen molar-refractivity contribution in [2.75, 3.05) is 0 Å². The number of hydrogen-bond donors (Lipinski definition) is 0. The summed E-state index contributed by atoms with van der Waals surface area (Å²) in [4.78, 5) is 5.73. The van der Waals surface area contributed by atoms with Gasteiger partial charge >= 0.3 is 0 Å². The van der Waals surface area contributed by atoms with E-state index in [1.165, 1.54) is 21.4 Å². The van der Waals surface area contributed by atoms with Crippen LogP contribution >= 0.6 is 27.9 Å². The number of halogens is 1. The molecule has 96 valence electrons. The minimum atomic E-state index is 1.01. The summed E-state index contributed by atoms with van der Waals surface area (Å²) in [5.74, 6) is 0. The van der Waals surface area contributed by atoms with Gasteiger partial charge < -0.3 is 0 Å². The lowest BCUT2D eigenvalue weighted by Crippen LogP contribution is -1.87. The van der Waals surface area contributed by atoms with Gasteiger partial charge in [-0.1, -0.05) is 17.7 Å². The van der Waals surface area contributed by atoms with E-state index in [1.807, 2.05) is 6.20 Å². The molecule has 1 aromatic carbocycles. The van der Waals surface area contributed by atoms with Crippen molar-refractivity contribution >= 4 is 38.9 Å². The van der Waals surface area contributed by atoms with Crippen LogP contribution in [0.1, 0.15) is 11.1 Å². The second kappa shape index (κ2) is 5.02. The van der Waals surface area contributed by atoms with Gasteiger partial charge in [0.2, 0.25) is 0 Å². The third-order valence-corrected chi connectivity index (χ3v) is 4.39. The van der Waals surface area contributed by atoms with E-state index < -0.39 is 0 Å². The van der Waals surface area contributed by atoms with E-state index in [2.05, 4.69) is 75.3 Å². The fourth-order valence-corrected chi connectivity index (χ4v) is 3.25. The molecular formula is C15H13BrN2S. The summed E-state index contributed by atoms with van der Waals surface area (Å²) in [6, 6.07) is 10.7. The Balaban J connectivity index is 2.03. The van der Waals surface area contributed by atoms with Crippen LogP contribution in [0.4, 0.5) is 0 Å². The van der Waals surface area contributed by atoms with Crippen LogP contribution < -0.4 is 0 Å². The lowest BCUT2D eigenvalue weighted by molar-refractivity contribution is 1.23. The fourth-order valence-electron chi connectivity index (χ4n) is 1.99. The number of hydrogen-bond acceptors (Lipinski definition) is 2. The molecule has 2 aromatic heterocycles. The summed E-state index contributed by atoms with van der Waals surface area (Å²) in [6.45, 7) is 4.21. The highest BCUT2D eigenvalue weighted by molar-refractivity contribution is 9.10. The second-order valence-corrected chi connectivity index (χ2v) is 6.53. The van der Waals surface area contributed by atoms with Crippen molar-refractivity contribution in [1.29, 1.82) is 0 Å². The lowest BCUT2D eigenvalue weighted by Gasteiger charge is -2.04. The molecule has 0 amide bonds. The Labute approximate surface area is 125 Å². The van der Waals surface area contributed by atoms with Gasteiger partial charge in [0.15, 0.2) is 5.65 Å². The SMILES string of the molecule is Cc1ccc(Sn2cc(C)c3cc(Br)cnc32)cc1. The number of aryl methyl sites for hydroxylation is 2. The summed E-state index contributed by atoms with van der Waals surface area (Å²) in [6.07, 6.45) is 3.97. The largest absolute Gasteiger partial charge is 0.270 e. The molecule has 0 aliphatic heterocycles. The number of pyridine rings is 1. The maximum atomic E-state index is 4.51. The molecule has 2 heterocycles. The van der Waals surface area contributed by atoms with Gasteiger partial charge in [0.1, 0.15) is 0 Å². The van der Waals surface area contributed by atoms with Gasteiger partial charge in [0.05, 0.1) is 0 Å². The molecule has 0 atom stereocenters. The van der Waals surface area contributed by atoms with Crippen LogP contribution in [0.5, 0.6) is 0 Å². The van der Waals surface area contributed by atoms with E-state index in [9.17, 15) is 0 Å². The Bertz CT molecular complexity index is 732. The van der Waals surface area contributed by atoms with Crippen LogP contribution in [0.15, 0.2) is 52.1 Å². The molecule has 19 heavy (non-hydrogen) atoms. The quantitative estimate of drug-likeness (QED) is 0.659. The van der Waals surface area contributed by atoms with Crippen LogP contribution in [-0.4, -0.2) is 8.96 Å². The van der Waals surface area contributed by atoms with E-state index in [0.717, 1.165) is 10.1 Å². The van der Waals surface area contributed by atoms with Crippen molar-refractivity contribution < 1.29 is 0 Å². The summed E-state index contributed by atoms with van der Waals surface area (Å²) in [7, 11) is 0. The first-order chi connectivity index (χ1) is 9.13. The van der Waals surface area contributed by atoms with E-state index >= 15 is 0 Å². The zero-order valence-electron chi connectivity index (χ0n) is 10.7. The monoisotopic (exact) mass is 332 g/mol. The average molecular weight is 333 g/mol.